The molecule has 0 saturated heterocycles. The van der Waals surface area contributed by atoms with Gasteiger partial charge in [-0.1, -0.05) is 11.6 Å². The number of nitrogens with zero attached hydrogens (tertiary/aromatic N) is 3. The van der Waals surface area contributed by atoms with Gasteiger partial charge < -0.3 is 5.73 Å². The number of anilines is 1. The first-order valence-electron chi connectivity index (χ1n) is 5.22. The molecule has 1 fully saturated rings. The Bertz CT molecular complexity index is 531. The van der Waals surface area contributed by atoms with Crippen molar-refractivity contribution in [1.29, 1.82) is 0 Å². The van der Waals surface area contributed by atoms with E-state index in [1.54, 1.807) is 16.8 Å². The lowest BCUT2D eigenvalue weighted by Crippen LogP contribution is -2.03. The molecule has 3 rings (SSSR count). The van der Waals surface area contributed by atoms with Crippen molar-refractivity contribution in [3.8, 4) is 5.82 Å². The second-order valence-corrected chi connectivity index (χ2v) is 4.39. The monoisotopic (exact) mass is 234 g/mol. The van der Waals surface area contributed by atoms with Crippen molar-refractivity contribution in [2.24, 2.45) is 0 Å². The smallest absolute Gasteiger partial charge is 0.178 e. The maximum atomic E-state index is 5.84. The summed E-state index contributed by atoms with van der Waals surface area (Å²) in [6.45, 7) is 0. The number of aromatic nitrogens is 3. The maximum Gasteiger partial charge on any atom is 0.178 e. The fourth-order valence-electron chi connectivity index (χ4n) is 1.67. The quantitative estimate of drug-likeness (QED) is 0.812. The molecule has 0 radical (unpaired) electrons. The Labute approximate surface area is 98.0 Å². The van der Waals surface area contributed by atoms with E-state index in [9.17, 15) is 0 Å². The number of hydrogen-bond acceptors (Lipinski definition) is 3. The Morgan fingerprint density at radius 3 is 2.88 bits per heavy atom. The van der Waals surface area contributed by atoms with Crippen molar-refractivity contribution >= 4 is 17.3 Å². The van der Waals surface area contributed by atoms with Gasteiger partial charge in [0.15, 0.2) is 5.82 Å². The van der Waals surface area contributed by atoms with E-state index in [1.165, 1.54) is 12.8 Å². The van der Waals surface area contributed by atoms with Gasteiger partial charge in [0.25, 0.3) is 0 Å². The molecule has 0 unspecified atom stereocenters. The molecular weight excluding hydrogens is 224 g/mol. The van der Waals surface area contributed by atoms with Crippen LogP contribution in [0.5, 0.6) is 0 Å². The van der Waals surface area contributed by atoms with Crippen LogP contribution in [0.15, 0.2) is 24.4 Å². The molecule has 5 heteroatoms. The maximum absolute atomic E-state index is 5.84. The number of nitrogens with two attached hydrogens (primary N) is 1. The molecule has 0 aliphatic heterocycles. The van der Waals surface area contributed by atoms with Crippen LogP contribution in [0.2, 0.25) is 5.15 Å². The van der Waals surface area contributed by atoms with Gasteiger partial charge in [-0.25, -0.2) is 9.67 Å². The minimum atomic E-state index is 0.424. The molecule has 2 aromatic rings. The van der Waals surface area contributed by atoms with Crippen molar-refractivity contribution in [2.45, 2.75) is 18.8 Å². The Morgan fingerprint density at radius 1 is 1.31 bits per heavy atom. The van der Waals surface area contributed by atoms with Gasteiger partial charge >= 0.3 is 0 Å². The number of rotatable bonds is 2. The molecule has 82 valence electrons. The topological polar surface area (TPSA) is 56.7 Å². The van der Waals surface area contributed by atoms with Crippen LogP contribution >= 0.6 is 11.6 Å². The third kappa shape index (κ3) is 1.65. The summed E-state index contributed by atoms with van der Waals surface area (Å²) in [6.07, 6.45) is 4.34. The molecule has 4 nitrogen and oxygen atoms in total. The van der Waals surface area contributed by atoms with E-state index in [0.717, 1.165) is 5.69 Å². The molecule has 0 aromatic carbocycles. The van der Waals surface area contributed by atoms with Gasteiger partial charge in [-0.05, 0) is 31.0 Å². The van der Waals surface area contributed by atoms with Gasteiger partial charge in [0.05, 0.1) is 11.4 Å². The van der Waals surface area contributed by atoms with Crippen molar-refractivity contribution in [3.63, 3.8) is 0 Å². The van der Waals surface area contributed by atoms with Gasteiger partial charge in [0.2, 0.25) is 0 Å². The molecule has 1 saturated carbocycles. The first-order valence-corrected chi connectivity index (χ1v) is 5.60. The number of pyridine rings is 1. The summed E-state index contributed by atoms with van der Waals surface area (Å²) in [7, 11) is 0. The SMILES string of the molecule is Nc1ccc(Cl)nc1-n1ccc(C2CC2)n1. The highest BCUT2D eigenvalue weighted by Gasteiger charge is 2.26. The van der Waals surface area contributed by atoms with Crippen molar-refractivity contribution in [3.05, 3.63) is 35.2 Å². The number of hydrogen-bond donors (Lipinski definition) is 1. The van der Waals surface area contributed by atoms with Gasteiger partial charge in [0.1, 0.15) is 5.15 Å². The fourth-order valence-corrected chi connectivity index (χ4v) is 1.82. The first kappa shape index (κ1) is 9.66. The zero-order chi connectivity index (χ0) is 11.1. The van der Waals surface area contributed by atoms with E-state index >= 15 is 0 Å². The van der Waals surface area contributed by atoms with Crippen LogP contribution in [0.4, 0.5) is 5.69 Å². The second kappa shape index (κ2) is 3.49. The first-order chi connectivity index (χ1) is 7.74. The summed E-state index contributed by atoms with van der Waals surface area (Å²) < 4.78 is 1.69. The third-order valence-corrected chi connectivity index (χ3v) is 2.90. The van der Waals surface area contributed by atoms with Crippen LogP contribution in [-0.4, -0.2) is 14.8 Å². The molecule has 2 aromatic heterocycles. The summed E-state index contributed by atoms with van der Waals surface area (Å²) >= 11 is 5.84. The molecule has 16 heavy (non-hydrogen) atoms. The predicted molar refractivity (Wildman–Crippen MR) is 62.8 cm³/mol. The second-order valence-electron chi connectivity index (χ2n) is 4.01. The fraction of sp³-hybridized carbons (Fsp3) is 0.273. The molecule has 0 spiro atoms. The predicted octanol–water partition coefficient (Wildman–Crippen LogP) is 2.38. The van der Waals surface area contributed by atoms with Gasteiger partial charge in [-0.2, -0.15) is 5.10 Å². The molecule has 1 aliphatic carbocycles. The number of nitrogen functional groups attached to an aromatic ring is 1. The molecule has 2 N–H and O–H groups in total. The molecule has 0 amide bonds. The molecular formula is C11H11ClN4. The minimum absolute atomic E-state index is 0.424. The van der Waals surface area contributed by atoms with E-state index in [0.29, 0.717) is 22.6 Å². The summed E-state index contributed by atoms with van der Waals surface area (Å²) in [4.78, 5) is 4.18. The van der Waals surface area contributed by atoms with E-state index in [4.69, 9.17) is 17.3 Å². The highest BCUT2D eigenvalue weighted by atomic mass is 35.5. The highest BCUT2D eigenvalue weighted by molar-refractivity contribution is 6.29. The van der Waals surface area contributed by atoms with Crippen LogP contribution in [-0.2, 0) is 0 Å². The van der Waals surface area contributed by atoms with E-state index in [1.807, 2.05) is 12.3 Å². The average molecular weight is 235 g/mol. The lowest BCUT2D eigenvalue weighted by Gasteiger charge is -2.04. The summed E-state index contributed by atoms with van der Waals surface area (Å²) in [5.41, 5.74) is 7.53. The van der Waals surface area contributed by atoms with E-state index in [-0.39, 0.29) is 0 Å². The van der Waals surface area contributed by atoms with Crippen LogP contribution in [0.1, 0.15) is 24.5 Å². The zero-order valence-electron chi connectivity index (χ0n) is 8.60. The van der Waals surface area contributed by atoms with Crippen LogP contribution in [0.3, 0.4) is 0 Å². The third-order valence-electron chi connectivity index (χ3n) is 2.69. The van der Waals surface area contributed by atoms with Crippen LogP contribution in [0, 0.1) is 0 Å². The van der Waals surface area contributed by atoms with Gasteiger partial charge in [0, 0.05) is 12.1 Å². The van der Waals surface area contributed by atoms with Gasteiger partial charge in [-0.3, -0.25) is 0 Å². The lowest BCUT2D eigenvalue weighted by atomic mass is 10.3. The minimum Gasteiger partial charge on any atom is -0.396 e. The average Bonchev–Trinajstić information content (AvgIpc) is 3.01. The van der Waals surface area contributed by atoms with Crippen molar-refractivity contribution in [1.82, 2.24) is 14.8 Å². The normalized spacial score (nSPS) is 15.3. The zero-order valence-corrected chi connectivity index (χ0v) is 9.35. The summed E-state index contributed by atoms with van der Waals surface area (Å²) in [5.74, 6) is 1.22. The number of halogens is 1. The molecule has 0 bridgehead atoms. The van der Waals surface area contributed by atoms with Gasteiger partial charge in [-0.15, -0.1) is 0 Å². The summed E-state index contributed by atoms with van der Waals surface area (Å²) in [5, 5.41) is 4.88. The van der Waals surface area contributed by atoms with Crippen LogP contribution < -0.4 is 5.73 Å². The lowest BCUT2D eigenvalue weighted by molar-refractivity contribution is 0.815. The summed E-state index contributed by atoms with van der Waals surface area (Å²) in [6, 6.07) is 5.43. The Morgan fingerprint density at radius 2 is 2.12 bits per heavy atom. The molecule has 2 heterocycles. The Balaban J connectivity index is 2.03. The largest absolute Gasteiger partial charge is 0.396 e. The Kier molecular flexibility index (Phi) is 2.11. The molecule has 1 aliphatic rings. The van der Waals surface area contributed by atoms with E-state index < -0.39 is 0 Å². The van der Waals surface area contributed by atoms with Crippen molar-refractivity contribution < 1.29 is 0 Å². The standard InChI is InChI=1S/C11H11ClN4/c12-10-4-3-8(13)11(14-10)16-6-5-9(15-16)7-1-2-7/h3-7H,1-2,13H2. The van der Waals surface area contributed by atoms with Crippen molar-refractivity contribution in [2.75, 3.05) is 5.73 Å². The Hall–Kier alpha value is -1.55. The molecule has 0 atom stereocenters. The highest BCUT2D eigenvalue weighted by Crippen LogP contribution is 2.39. The van der Waals surface area contributed by atoms with E-state index in [2.05, 4.69) is 10.1 Å². The van der Waals surface area contributed by atoms with Crippen LogP contribution in [0.25, 0.3) is 5.82 Å².